The zero-order chi connectivity index (χ0) is 16.9. The first-order valence-electron chi connectivity index (χ1n) is 9.62. The van der Waals surface area contributed by atoms with Gasteiger partial charge in [0.15, 0.2) is 0 Å². The van der Waals surface area contributed by atoms with Gasteiger partial charge in [0.25, 0.3) is 0 Å². The first kappa shape index (κ1) is 16.2. The molecule has 1 aromatic rings. The molecule has 4 rings (SSSR count). The van der Waals surface area contributed by atoms with Crippen LogP contribution in [0.25, 0.3) is 0 Å². The average Bonchev–Trinajstić information content (AvgIpc) is 2.97. The third-order valence-corrected chi connectivity index (χ3v) is 7.66. The topological polar surface area (TPSA) is 29.5 Å². The second-order valence-electron chi connectivity index (χ2n) is 8.18. The van der Waals surface area contributed by atoms with Crippen LogP contribution >= 0.6 is 0 Å². The van der Waals surface area contributed by atoms with Gasteiger partial charge >= 0.3 is 0 Å². The van der Waals surface area contributed by atoms with Crippen LogP contribution in [0.4, 0.5) is 0 Å². The van der Waals surface area contributed by atoms with Gasteiger partial charge in [-0.1, -0.05) is 19.1 Å². The fourth-order valence-corrected chi connectivity index (χ4v) is 6.50. The molecular formula is C22H30O2. The maximum absolute atomic E-state index is 10.7. The summed E-state index contributed by atoms with van der Waals surface area (Å²) in [7, 11) is 1.74. The maximum Gasteiger partial charge on any atom is 0.119 e. The minimum absolute atomic E-state index is 0.101. The molecule has 0 radical (unpaired) electrons. The molecule has 1 N–H and O–H groups in total. The second-order valence-corrected chi connectivity index (χ2v) is 8.18. The largest absolute Gasteiger partial charge is 0.497 e. The Kier molecular flexibility index (Phi) is 3.99. The maximum atomic E-state index is 10.7. The van der Waals surface area contributed by atoms with Crippen LogP contribution in [-0.2, 0) is 6.42 Å². The van der Waals surface area contributed by atoms with Crippen molar-refractivity contribution in [2.24, 2.45) is 23.2 Å². The van der Waals surface area contributed by atoms with E-state index in [-0.39, 0.29) is 11.5 Å². The number of benzene rings is 1. The van der Waals surface area contributed by atoms with E-state index < -0.39 is 0 Å². The van der Waals surface area contributed by atoms with E-state index in [2.05, 4.69) is 37.8 Å². The summed E-state index contributed by atoms with van der Waals surface area (Å²) < 4.78 is 5.44. The fourth-order valence-electron chi connectivity index (χ4n) is 6.50. The predicted molar refractivity (Wildman–Crippen MR) is 97.3 cm³/mol. The van der Waals surface area contributed by atoms with Crippen molar-refractivity contribution in [2.75, 3.05) is 7.11 Å². The summed E-state index contributed by atoms with van der Waals surface area (Å²) in [5.41, 5.74) is 3.14. The molecule has 1 aromatic carbocycles. The standard InChI is InChI=1S/C22H30O2/c1-4-14-12-15-13-16(24-3)6-7-17(15)18-10-11-22(5-2)19(21(14)18)8-9-20(22)23/h4,6-7,13-14,18-21,23H,1,5,8-12H2,2-3H3/t14-,18-,19+,20+,21-,22?/m1/s1. The van der Waals surface area contributed by atoms with Gasteiger partial charge < -0.3 is 9.84 Å². The highest BCUT2D eigenvalue weighted by molar-refractivity contribution is 5.42. The van der Waals surface area contributed by atoms with Crippen LogP contribution in [-0.4, -0.2) is 18.3 Å². The van der Waals surface area contributed by atoms with Crippen LogP contribution in [0.5, 0.6) is 5.75 Å². The molecule has 2 saturated carbocycles. The van der Waals surface area contributed by atoms with E-state index in [0.717, 1.165) is 25.0 Å². The van der Waals surface area contributed by atoms with Gasteiger partial charge in [0.1, 0.15) is 5.75 Å². The molecule has 3 aliphatic rings. The molecule has 3 aliphatic carbocycles. The molecule has 1 unspecified atom stereocenters. The molecule has 0 spiro atoms. The van der Waals surface area contributed by atoms with Crippen LogP contribution in [0, 0.1) is 23.2 Å². The minimum Gasteiger partial charge on any atom is -0.497 e. The Morgan fingerprint density at radius 1 is 1.33 bits per heavy atom. The van der Waals surface area contributed by atoms with Crippen molar-refractivity contribution in [3.63, 3.8) is 0 Å². The molecule has 0 aromatic heterocycles. The Morgan fingerprint density at radius 3 is 2.88 bits per heavy atom. The van der Waals surface area contributed by atoms with Gasteiger partial charge in [-0.3, -0.25) is 0 Å². The first-order valence-corrected chi connectivity index (χ1v) is 9.62. The summed E-state index contributed by atoms with van der Waals surface area (Å²) in [6.45, 7) is 6.46. The van der Waals surface area contributed by atoms with E-state index >= 15 is 0 Å². The van der Waals surface area contributed by atoms with Crippen molar-refractivity contribution in [1.82, 2.24) is 0 Å². The van der Waals surface area contributed by atoms with E-state index in [4.69, 9.17) is 4.74 Å². The third-order valence-electron chi connectivity index (χ3n) is 7.66. The van der Waals surface area contributed by atoms with Gasteiger partial charge in [0, 0.05) is 0 Å². The molecule has 0 amide bonds. The van der Waals surface area contributed by atoms with Gasteiger partial charge in [-0.2, -0.15) is 0 Å². The Bertz CT molecular complexity index is 637. The van der Waals surface area contributed by atoms with Crippen LogP contribution in [0.3, 0.4) is 0 Å². The lowest BCUT2D eigenvalue weighted by Gasteiger charge is -2.53. The summed E-state index contributed by atoms with van der Waals surface area (Å²) in [6.07, 6.45) is 8.83. The fraction of sp³-hybridized carbons (Fsp3) is 0.636. The van der Waals surface area contributed by atoms with Gasteiger partial charge in [-0.05, 0) is 90.9 Å². The Labute approximate surface area is 145 Å². The molecule has 0 bridgehead atoms. The van der Waals surface area contributed by atoms with E-state index in [1.807, 2.05) is 0 Å². The molecule has 24 heavy (non-hydrogen) atoms. The average molecular weight is 326 g/mol. The number of hydrogen-bond donors (Lipinski definition) is 1. The molecule has 0 aliphatic heterocycles. The van der Waals surface area contributed by atoms with Crippen LogP contribution in [0.2, 0.25) is 0 Å². The molecule has 0 heterocycles. The smallest absolute Gasteiger partial charge is 0.119 e. The van der Waals surface area contributed by atoms with Gasteiger partial charge in [0.2, 0.25) is 0 Å². The Morgan fingerprint density at radius 2 is 2.17 bits per heavy atom. The quantitative estimate of drug-likeness (QED) is 0.815. The number of ether oxygens (including phenoxy) is 1. The number of methoxy groups -OCH3 is 1. The monoisotopic (exact) mass is 326 g/mol. The van der Waals surface area contributed by atoms with Crippen LogP contribution < -0.4 is 4.74 Å². The zero-order valence-corrected chi connectivity index (χ0v) is 15.0. The van der Waals surface area contributed by atoms with Crippen molar-refractivity contribution in [2.45, 2.75) is 57.5 Å². The van der Waals surface area contributed by atoms with Gasteiger partial charge in [-0.15, -0.1) is 6.58 Å². The number of aliphatic hydroxyl groups excluding tert-OH is 1. The summed E-state index contributed by atoms with van der Waals surface area (Å²) >= 11 is 0. The van der Waals surface area contributed by atoms with Gasteiger partial charge in [-0.25, -0.2) is 0 Å². The second kappa shape index (κ2) is 5.91. The Balaban J connectivity index is 1.77. The number of hydrogen-bond acceptors (Lipinski definition) is 2. The van der Waals surface area contributed by atoms with Crippen molar-refractivity contribution < 1.29 is 9.84 Å². The van der Waals surface area contributed by atoms with Crippen LogP contribution in [0.15, 0.2) is 30.9 Å². The normalized spacial score (nSPS) is 40.4. The molecular weight excluding hydrogens is 296 g/mol. The SMILES string of the molecule is C=C[C@@H]1Cc2cc(OC)ccc2[C@H]2CCC3(CC)[C@@H](O)CC[C@H]3[C@H]12. The molecule has 0 saturated heterocycles. The van der Waals surface area contributed by atoms with E-state index in [0.29, 0.717) is 23.7 Å². The lowest BCUT2D eigenvalue weighted by atomic mass is 9.51. The Hall–Kier alpha value is -1.28. The molecule has 2 heteroatoms. The van der Waals surface area contributed by atoms with Crippen molar-refractivity contribution >= 4 is 0 Å². The van der Waals surface area contributed by atoms with Crippen molar-refractivity contribution in [3.05, 3.63) is 42.0 Å². The lowest BCUT2D eigenvalue weighted by molar-refractivity contribution is -0.0480. The molecule has 130 valence electrons. The number of fused-ring (bicyclic) bond motifs is 5. The summed E-state index contributed by atoms with van der Waals surface area (Å²) in [4.78, 5) is 0. The predicted octanol–water partition coefficient (Wildman–Crippen LogP) is 4.71. The zero-order valence-electron chi connectivity index (χ0n) is 15.0. The van der Waals surface area contributed by atoms with Gasteiger partial charge in [0.05, 0.1) is 13.2 Å². The number of allylic oxidation sites excluding steroid dienone is 1. The summed E-state index contributed by atoms with van der Waals surface area (Å²) in [5, 5.41) is 10.7. The van der Waals surface area contributed by atoms with Crippen LogP contribution in [0.1, 0.15) is 56.1 Å². The molecule has 2 fully saturated rings. The number of rotatable bonds is 3. The first-order chi connectivity index (χ1) is 11.6. The van der Waals surface area contributed by atoms with Crippen molar-refractivity contribution in [3.8, 4) is 5.75 Å². The van der Waals surface area contributed by atoms with Crippen molar-refractivity contribution in [1.29, 1.82) is 0 Å². The third kappa shape index (κ3) is 2.12. The minimum atomic E-state index is -0.101. The summed E-state index contributed by atoms with van der Waals surface area (Å²) in [5.74, 6) is 3.41. The summed E-state index contributed by atoms with van der Waals surface area (Å²) in [6, 6.07) is 6.65. The van der Waals surface area contributed by atoms with E-state index in [1.165, 1.54) is 30.4 Å². The number of aliphatic hydroxyl groups is 1. The highest BCUT2D eigenvalue weighted by Crippen LogP contribution is 2.63. The lowest BCUT2D eigenvalue weighted by Crippen LogP contribution is -2.48. The molecule has 2 nitrogen and oxygen atoms in total. The molecule has 6 atom stereocenters. The van der Waals surface area contributed by atoms with E-state index in [9.17, 15) is 5.11 Å². The van der Waals surface area contributed by atoms with E-state index in [1.54, 1.807) is 7.11 Å². The highest BCUT2D eigenvalue weighted by atomic mass is 16.5. The highest BCUT2D eigenvalue weighted by Gasteiger charge is 2.57.